The van der Waals surface area contributed by atoms with E-state index in [9.17, 15) is 8.42 Å². The number of ether oxygens (including phenoxy) is 1. The molecule has 2 aromatic rings. The predicted octanol–water partition coefficient (Wildman–Crippen LogP) is 2.33. The van der Waals surface area contributed by atoms with Crippen molar-refractivity contribution in [3.63, 3.8) is 0 Å². The summed E-state index contributed by atoms with van der Waals surface area (Å²) in [6.45, 7) is 0. The Hall–Kier alpha value is -2.52. The maximum absolute atomic E-state index is 12.2. The topological polar surface area (TPSA) is 76.4 Å². The summed E-state index contributed by atoms with van der Waals surface area (Å²) in [5, 5.41) is 8.78. The minimum absolute atomic E-state index is 0.0649. The summed E-state index contributed by atoms with van der Waals surface area (Å²) in [4.78, 5) is -0.0649. The molecule has 0 bridgehead atoms. The van der Waals surface area contributed by atoms with E-state index in [1.807, 2.05) is 6.07 Å². The normalized spacial score (nSPS) is 10.6. The zero-order valence-electron chi connectivity index (χ0n) is 10.6. The zero-order valence-corrected chi connectivity index (χ0v) is 11.4. The zero-order chi connectivity index (χ0) is 14.6. The molecule has 0 heterocycles. The van der Waals surface area contributed by atoms with Gasteiger partial charge in [-0.3, -0.25) is 0 Å². The number of nitriles is 1. The SMILES string of the molecule is COc1ccccc1S(=O)(=O)Oc1cccc(C#N)c1. The highest BCUT2D eigenvalue weighted by Gasteiger charge is 2.21. The molecule has 0 N–H and O–H groups in total. The first-order valence-electron chi connectivity index (χ1n) is 5.64. The second-order valence-corrected chi connectivity index (χ2v) is 5.34. The predicted molar refractivity (Wildman–Crippen MR) is 72.0 cm³/mol. The number of benzene rings is 2. The van der Waals surface area contributed by atoms with Crippen molar-refractivity contribution in [1.29, 1.82) is 5.26 Å². The Morgan fingerprint density at radius 1 is 1.10 bits per heavy atom. The third-order valence-electron chi connectivity index (χ3n) is 2.51. The lowest BCUT2D eigenvalue weighted by molar-refractivity contribution is 0.398. The Kier molecular flexibility index (Phi) is 3.91. The van der Waals surface area contributed by atoms with E-state index in [1.165, 1.54) is 31.4 Å². The lowest BCUT2D eigenvalue weighted by Crippen LogP contribution is -2.11. The summed E-state index contributed by atoms with van der Waals surface area (Å²) in [7, 11) is -2.64. The first-order chi connectivity index (χ1) is 9.56. The third kappa shape index (κ3) is 2.90. The fraction of sp³-hybridized carbons (Fsp3) is 0.0714. The van der Waals surface area contributed by atoms with Gasteiger partial charge in [-0.25, -0.2) is 0 Å². The van der Waals surface area contributed by atoms with Gasteiger partial charge in [-0.2, -0.15) is 13.7 Å². The van der Waals surface area contributed by atoms with Gasteiger partial charge in [-0.05, 0) is 30.3 Å². The van der Waals surface area contributed by atoms with Gasteiger partial charge in [-0.15, -0.1) is 0 Å². The molecule has 0 saturated carbocycles. The van der Waals surface area contributed by atoms with Crippen molar-refractivity contribution in [2.24, 2.45) is 0 Å². The van der Waals surface area contributed by atoms with Crippen molar-refractivity contribution >= 4 is 10.1 Å². The molecule has 6 heteroatoms. The van der Waals surface area contributed by atoms with Crippen molar-refractivity contribution in [2.45, 2.75) is 4.90 Å². The number of rotatable bonds is 4. The number of para-hydroxylation sites is 1. The van der Waals surface area contributed by atoms with Gasteiger partial charge in [0.15, 0.2) is 0 Å². The summed E-state index contributed by atoms with van der Waals surface area (Å²) >= 11 is 0. The molecule has 0 aliphatic rings. The summed E-state index contributed by atoms with van der Waals surface area (Å²) in [6.07, 6.45) is 0. The first kappa shape index (κ1) is 13.9. The fourth-order valence-corrected chi connectivity index (χ4v) is 2.70. The van der Waals surface area contributed by atoms with Crippen molar-refractivity contribution in [1.82, 2.24) is 0 Å². The molecule has 2 rings (SSSR count). The molecule has 0 fully saturated rings. The molecule has 20 heavy (non-hydrogen) atoms. The Morgan fingerprint density at radius 2 is 1.85 bits per heavy atom. The lowest BCUT2D eigenvalue weighted by atomic mass is 10.2. The van der Waals surface area contributed by atoms with Crippen LogP contribution in [0.25, 0.3) is 0 Å². The lowest BCUT2D eigenvalue weighted by Gasteiger charge is -2.10. The van der Waals surface area contributed by atoms with Gasteiger partial charge in [0.2, 0.25) is 0 Å². The maximum Gasteiger partial charge on any atom is 0.342 e. The average Bonchev–Trinajstić information content (AvgIpc) is 2.47. The molecule has 102 valence electrons. The number of methoxy groups -OCH3 is 1. The first-order valence-corrected chi connectivity index (χ1v) is 7.05. The van der Waals surface area contributed by atoms with Crippen LogP contribution in [0.3, 0.4) is 0 Å². The van der Waals surface area contributed by atoms with Crippen LogP contribution in [0.1, 0.15) is 5.56 Å². The fourth-order valence-electron chi connectivity index (χ4n) is 1.61. The van der Waals surface area contributed by atoms with Gasteiger partial charge in [0, 0.05) is 0 Å². The molecule has 0 atom stereocenters. The van der Waals surface area contributed by atoms with Crippen LogP contribution in [0.2, 0.25) is 0 Å². The van der Waals surface area contributed by atoms with E-state index in [0.29, 0.717) is 5.56 Å². The smallest absolute Gasteiger partial charge is 0.342 e. The standard InChI is InChI=1S/C14H11NO4S/c1-18-13-7-2-3-8-14(13)20(16,17)19-12-6-4-5-11(9-12)10-15/h2-9H,1H3. The Morgan fingerprint density at radius 3 is 2.55 bits per heavy atom. The molecule has 5 nitrogen and oxygen atoms in total. The van der Waals surface area contributed by atoms with E-state index >= 15 is 0 Å². The van der Waals surface area contributed by atoms with Gasteiger partial charge in [-0.1, -0.05) is 18.2 Å². The molecule has 0 aromatic heterocycles. The van der Waals surface area contributed by atoms with Gasteiger partial charge in [0.1, 0.15) is 16.4 Å². The second kappa shape index (κ2) is 5.63. The van der Waals surface area contributed by atoms with Gasteiger partial charge < -0.3 is 8.92 Å². The van der Waals surface area contributed by atoms with Crippen molar-refractivity contribution < 1.29 is 17.3 Å². The summed E-state index contributed by atoms with van der Waals surface area (Å²) in [6, 6.07) is 14.0. The Bertz CT molecular complexity index is 763. The van der Waals surface area contributed by atoms with Crippen LogP contribution in [-0.2, 0) is 10.1 Å². The van der Waals surface area contributed by atoms with Crippen LogP contribution in [0.5, 0.6) is 11.5 Å². The molecule has 0 amide bonds. The summed E-state index contributed by atoms with van der Waals surface area (Å²) in [5.41, 5.74) is 0.317. The number of hydrogen-bond acceptors (Lipinski definition) is 5. The van der Waals surface area contributed by atoms with E-state index in [0.717, 1.165) is 0 Å². The molecule has 0 spiro atoms. The molecule has 0 saturated heterocycles. The van der Waals surface area contributed by atoms with Crippen molar-refractivity contribution in [3.05, 3.63) is 54.1 Å². The molecule has 0 radical (unpaired) electrons. The Labute approximate surface area is 117 Å². The Balaban J connectivity index is 2.38. The molecule has 0 aliphatic carbocycles. The van der Waals surface area contributed by atoms with Gasteiger partial charge in [0.05, 0.1) is 18.7 Å². The summed E-state index contributed by atoms with van der Waals surface area (Å²) in [5.74, 6) is 0.277. The van der Waals surface area contributed by atoms with Gasteiger partial charge in [0.25, 0.3) is 0 Å². The molecule has 0 aliphatic heterocycles. The monoisotopic (exact) mass is 289 g/mol. The highest BCUT2D eigenvalue weighted by Crippen LogP contribution is 2.26. The van der Waals surface area contributed by atoms with Crippen LogP contribution in [0, 0.1) is 11.3 Å². The van der Waals surface area contributed by atoms with Crippen LogP contribution >= 0.6 is 0 Å². The third-order valence-corrected chi connectivity index (χ3v) is 3.80. The maximum atomic E-state index is 12.2. The van der Waals surface area contributed by atoms with E-state index in [1.54, 1.807) is 24.3 Å². The highest BCUT2D eigenvalue weighted by molar-refractivity contribution is 7.87. The van der Waals surface area contributed by atoms with Crippen LogP contribution < -0.4 is 8.92 Å². The van der Waals surface area contributed by atoms with E-state index in [2.05, 4.69) is 0 Å². The quantitative estimate of drug-likeness (QED) is 0.807. The van der Waals surface area contributed by atoms with Crippen molar-refractivity contribution in [3.8, 4) is 17.6 Å². The largest absolute Gasteiger partial charge is 0.495 e. The van der Waals surface area contributed by atoms with E-state index in [4.69, 9.17) is 14.2 Å². The minimum Gasteiger partial charge on any atom is -0.495 e. The van der Waals surface area contributed by atoms with Crippen LogP contribution in [0.4, 0.5) is 0 Å². The number of nitrogens with zero attached hydrogens (tertiary/aromatic N) is 1. The molecule has 0 unspecified atom stereocenters. The molecule has 2 aromatic carbocycles. The minimum atomic E-state index is -4.02. The summed E-state index contributed by atoms with van der Waals surface area (Å²) < 4.78 is 34.4. The van der Waals surface area contributed by atoms with E-state index in [-0.39, 0.29) is 16.4 Å². The second-order valence-electron chi connectivity index (χ2n) is 3.83. The average molecular weight is 289 g/mol. The molecular weight excluding hydrogens is 278 g/mol. The van der Waals surface area contributed by atoms with Crippen LogP contribution in [-0.4, -0.2) is 15.5 Å². The molecular formula is C14H11NO4S. The van der Waals surface area contributed by atoms with Gasteiger partial charge >= 0.3 is 10.1 Å². The highest BCUT2D eigenvalue weighted by atomic mass is 32.2. The van der Waals surface area contributed by atoms with E-state index < -0.39 is 10.1 Å². The van der Waals surface area contributed by atoms with Crippen LogP contribution in [0.15, 0.2) is 53.4 Å². The number of hydrogen-bond donors (Lipinski definition) is 0. The van der Waals surface area contributed by atoms with Crippen molar-refractivity contribution in [2.75, 3.05) is 7.11 Å².